The summed E-state index contributed by atoms with van der Waals surface area (Å²) in [6.45, 7) is 2.14. The highest BCUT2D eigenvalue weighted by atomic mass is 35.5. The van der Waals surface area contributed by atoms with Gasteiger partial charge >= 0.3 is 0 Å². The summed E-state index contributed by atoms with van der Waals surface area (Å²) in [5, 5.41) is 4.04. The first-order valence-electron chi connectivity index (χ1n) is 6.59. The number of hydrogen-bond acceptors (Lipinski definition) is 3. The van der Waals surface area contributed by atoms with Crippen LogP contribution in [0, 0.1) is 0 Å². The van der Waals surface area contributed by atoms with Gasteiger partial charge < -0.3 is 10.1 Å². The van der Waals surface area contributed by atoms with E-state index in [-0.39, 0.29) is 12.0 Å². The predicted octanol–water partition coefficient (Wildman–Crippen LogP) is 3.81. The molecule has 0 bridgehead atoms. The molecule has 2 aromatic rings. The van der Waals surface area contributed by atoms with Crippen molar-refractivity contribution in [3.8, 4) is 5.75 Å². The molecule has 106 valence electrons. The minimum absolute atomic E-state index is 0.0820. The summed E-state index contributed by atoms with van der Waals surface area (Å²) in [7, 11) is 3.61. The molecule has 0 spiro atoms. The van der Waals surface area contributed by atoms with E-state index < -0.39 is 0 Å². The van der Waals surface area contributed by atoms with Crippen LogP contribution < -0.4 is 10.1 Å². The lowest BCUT2D eigenvalue weighted by Gasteiger charge is -2.25. The molecule has 0 amide bonds. The first kappa shape index (κ1) is 14.8. The van der Waals surface area contributed by atoms with Gasteiger partial charge in [0.1, 0.15) is 5.75 Å². The molecular formula is C16H19ClN2O. The molecule has 4 heteroatoms. The number of methoxy groups -OCH3 is 1. The Bertz CT molecular complexity index is 560. The Balaban J connectivity index is 2.40. The monoisotopic (exact) mass is 290 g/mol. The standard InChI is InChI=1S/C16H19ClN2O/c1-11(14-6-4-5-9-19-14)16(18-2)13-10-12(17)7-8-15(13)20-3/h4-11,16,18H,1-3H3. The van der Waals surface area contributed by atoms with Crippen molar-refractivity contribution in [3.63, 3.8) is 0 Å². The summed E-state index contributed by atoms with van der Waals surface area (Å²) in [6, 6.07) is 11.7. The number of likely N-dealkylation sites (N-methyl/N-ethyl adjacent to an activating group) is 1. The lowest BCUT2D eigenvalue weighted by molar-refractivity contribution is 0.393. The zero-order valence-electron chi connectivity index (χ0n) is 11.9. The first-order valence-corrected chi connectivity index (χ1v) is 6.96. The van der Waals surface area contributed by atoms with Crippen molar-refractivity contribution in [3.05, 3.63) is 58.9 Å². The molecule has 1 N–H and O–H groups in total. The summed E-state index contributed by atoms with van der Waals surface area (Å²) >= 11 is 6.13. The van der Waals surface area contributed by atoms with Crippen molar-refractivity contribution in [1.29, 1.82) is 0 Å². The molecule has 2 atom stereocenters. The second kappa shape index (κ2) is 6.73. The highest BCUT2D eigenvalue weighted by molar-refractivity contribution is 6.30. The van der Waals surface area contributed by atoms with E-state index in [2.05, 4.69) is 17.2 Å². The molecule has 20 heavy (non-hydrogen) atoms. The van der Waals surface area contributed by atoms with Gasteiger partial charge in [0.15, 0.2) is 0 Å². The molecule has 0 aliphatic rings. The number of ether oxygens (including phenoxy) is 1. The van der Waals surface area contributed by atoms with Gasteiger partial charge in [-0.15, -0.1) is 0 Å². The Labute approximate surface area is 124 Å². The van der Waals surface area contributed by atoms with Gasteiger partial charge in [0.2, 0.25) is 0 Å². The van der Waals surface area contributed by atoms with Crippen LogP contribution in [0.15, 0.2) is 42.6 Å². The van der Waals surface area contributed by atoms with E-state index >= 15 is 0 Å². The van der Waals surface area contributed by atoms with Crippen LogP contribution >= 0.6 is 11.6 Å². The molecule has 0 fully saturated rings. The summed E-state index contributed by atoms with van der Waals surface area (Å²) in [5.41, 5.74) is 2.08. The number of aromatic nitrogens is 1. The van der Waals surface area contributed by atoms with Gasteiger partial charge in [-0.05, 0) is 37.4 Å². The van der Waals surface area contributed by atoms with Crippen LogP contribution in [0.1, 0.15) is 30.1 Å². The van der Waals surface area contributed by atoms with E-state index in [1.54, 1.807) is 7.11 Å². The fourth-order valence-corrected chi connectivity index (χ4v) is 2.62. The number of pyridine rings is 1. The number of halogens is 1. The Morgan fingerprint density at radius 1 is 1.25 bits per heavy atom. The number of rotatable bonds is 5. The minimum atomic E-state index is 0.0820. The molecule has 3 nitrogen and oxygen atoms in total. The van der Waals surface area contributed by atoms with Crippen LogP contribution in [-0.4, -0.2) is 19.1 Å². The molecule has 0 aliphatic carbocycles. The van der Waals surface area contributed by atoms with Crippen LogP contribution in [-0.2, 0) is 0 Å². The zero-order valence-corrected chi connectivity index (χ0v) is 12.7. The Hall–Kier alpha value is -1.58. The maximum absolute atomic E-state index is 6.13. The number of benzene rings is 1. The Morgan fingerprint density at radius 3 is 2.65 bits per heavy atom. The summed E-state index contributed by atoms with van der Waals surface area (Å²) in [5.74, 6) is 1.03. The Kier molecular flexibility index (Phi) is 4.99. The third kappa shape index (κ3) is 3.11. The zero-order chi connectivity index (χ0) is 14.5. The topological polar surface area (TPSA) is 34.1 Å². The van der Waals surface area contributed by atoms with E-state index in [0.29, 0.717) is 5.02 Å². The molecule has 0 saturated carbocycles. The number of hydrogen-bond donors (Lipinski definition) is 1. The third-order valence-corrected chi connectivity index (χ3v) is 3.73. The maximum atomic E-state index is 6.13. The van der Waals surface area contributed by atoms with Gasteiger partial charge in [-0.25, -0.2) is 0 Å². The smallest absolute Gasteiger partial charge is 0.123 e. The molecular weight excluding hydrogens is 272 g/mol. The van der Waals surface area contributed by atoms with Gasteiger partial charge in [0, 0.05) is 34.4 Å². The highest BCUT2D eigenvalue weighted by Gasteiger charge is 2.23. The SMILES string of the molecule is CNC(c1cc(Cl)ccc1OC)C(C)c1ccccn1. The largest absolute Gasteiger partial charge is 0.496 e. The van der Waals surface area contributed by atoms with E-state index in [9.17, 15) is 0 Å². The van der Waals surface area contributed by atoms with Crippen molar-refractivity contribution in [1.82, 2.24) is 10.3 Å². The molecule has 1 heterocycles. The second-order valence-electron chi connectivity index (χ2n) is 4.70. The van der Waals surface area contributed by atoms with Crippen molar-refractivity contribution >= 4 is 11.6 Å². The van der Waals surface area contributed by atoms with Gasteiger partial charge in [-0.2, -0.15) is 0 Å². The van der Waals surface area contributed by atoms with E-state index in [1.165, 1.54) is 0 Å². The summed E-state index contributed by atoms with van der Waals surface area (Å²) in [6.07, 6.45) is 1.81. The maximum Gasteiger partial charge on any atom is 0.123 e. The molecule has 0 aliphatic heterocycles. The molecule has 1 aromatic carbocycles. The lowest BCUT2D eigenvalue weighted by Crippen LogP contribution is -2.23. The average molecular weight is 291 g/mol. The fraction of sp³-hybridized carbons (Fsp3) is 0.312. The Morgan fingerprint density at radius 2 is 2.05 bits per heavy atom. The number of nitrogens with one attached hydrogen (secondary N) is 1. The van der Waals surface area contributed by atoms with Crippen LogP contribution in [0.2, 0.25) is 5.02 Å². The van der Waals surface area contributed by atoms with Crippen molar-refractivity contribution < 1.29 is 4.74 Å². The third-order valence-electron chi connectivity index (χ3n) is 3.49. The van der Waals surface area contributed by atoms with Crippen molar-refractivity contribution in [2.75, 3.05) is 14.2 Å². The average Bonchev–Trinajstić information content (AvgIpc) is 2.49. The normalized spacial score (nSPS) is 13.8. The van der Waals surface area contributed by atoms with Crippen LogP contribution in [0.3, 0.4) is 0 Å². The van der Waals surface area contributed by atoms with Gasteiger partial charge in [0.05, 0.1) is 7.11 Å². The molecule has 0 saturated heterocycles. The van der Waals surface area contributed by atoms with Gasteiger partial charge in [-0.1, -0.05) is 24.6 Å². The van der Waals surface area contributed by atoms with E-state index in [1.807, 2.05) is 49.6 Å². The van der Waals surface area contributed by atoms with E-state index in [4.69, 9.17) is 16.3 Å². The van der Waals surface area contributed by atoms with Crippen LogP contribution in [0.25, 0.3) is 0 Å². The first-order chi connectivity index (χ1) is 9.67. The second-order valence-corrected chi connectivity index (χ2v) is 5.13. The molecule has 2 unspecified atom stereocenters. The lowest BCUT2D eigenvalue weighted by atomic mass is 9.91. The van der Waals surface area contributed by atoms with Gasteiger partial charge in [0.25, 0.3) is 0 Å². The van der Waals surface area contributed by atoms with E-state index in [0.717, 1.165) is 17.0 Å². The number of nitrogens with zero attached hydrogens (tertiary/aromatic N) is 1. The highest BCUT2D eigenvalue weighted by Crippen LogP contribution is 2.35. The molecule has 1 aromatic heterocycles. The van der Waals surface area contributed by atoms with Crippen molar-refractivity contribution in [2.24, 2.45) is 0 Å². The molecule has 2 rings (SSSR count). The quantitative estimate of drug-likeness (QED) is 0.909. The minimum Gasteiger partial charge on any atom is -0.496 e. The predicted molar refractivity (Wildman–Crippen MR) is 82.5 cm³/mol. The molecule has 0 radical (unpaired) electrons. The van der Waals surface area contributed by atoms with Gasteiger partial charge in [-0.3, -0.25) is 4.98 Å². The summed E-state index contributed by atoms with van der Waals surface area (Å²) < 4.78 is 5.45. The summed E-state index contributed by atoms with van der Waals surface area (Å²) in [4.78, 5) is 4.44. The van der Waals surface area contributed by atoms with Crippen molar-refractivity contribution in [2.45, 2.75) is 18.9 Å². The fourth-order valence-electron chi connectivity index (χ4n) is 2.44. The van der Waals surface area contributed by atoms with Crippen LogP contribution in [0.5, 0.6) is 5.75 Å². The van der Waals surface area contributed by atoms with Crippen LogP contribution in [0.4, 0.5) is 0 Å².